The monoisotopic (exact) mass is 1550 g/mol. The van der Waals surface area contributed by atoms with Crippen LogP contribution in [0.3, 0.4) is 0 Å². The van der Waals surface area contributed by atoms with Crippen molar-refractivity contribution >= 4 is 55.6 Å². The number of anilines is 1. The number of esters is 1. The summed E-state index contributed by atoms with van der Waals surface area (Å²) in [5.74, 6) is -4.75. The van der Waals surface area contributed by atoms with E-state index in [2.05, 4.69) is 56.9 Å². The van der Waals surface area contributed by atoms with E-state index in [1.165, 1.54) is 63.5 Å². The van der Waals surface area contributed by atoms with Gasteiger partial charge in [-0.2, -0.15) is 40.2 Å². The first-order valence-corrected chi connectivity index (χ1v) is 34.9. The lowest BCUT2D eigenvalue weighted by Gasteiger charge is -2.47. The Morgan fingerprint density at radius 2 is 1.32 bits per heavy atom. The highest BCUT2D eigenvalue weighted by Crippen LogP contribution is 2.47. The standard InChI is InChI=1S/C69H81F10N12O16P/c1-37-21-42(26-53(92)87(8)34-54(93)94)56(51(22-37)107-108(100,101)102)65(2,3)27-55(95)106-52(33-89(86-60(97)58(84-64(99)104-10)67(6,7)69(77,78)79)32-46-47(70)24-41(25-48(46)71)49-19-20-90(85-49)61(72)73)50(82-59(96)57(83-63(98)103-9)66(4,5)68(74,75)76)23-39-14-11-38(12-15-39)13-16-40-28-80-62(81-29-40)88-30-43-17-18-44(31-88)91(43)45-35-105-36-45/h11-12,14-15,19-22,24-25,28-29,43-45,50,52,57-58,61H,17-18,23,26-27,30-36H2,1-10H3,(H,82,96)(H,83,98)(H,84,99)(H,86,97)(H,93,94)(H2,100,101,102)/t43?,44?,50-,52-,57+,58+/m0/s1. The molecule has 0 aliphatic carbocycles. The van der Waals surface area contributed by atoms with E-state index < -0.39 is 182 Å². The van der Waals surface area contributed by atoms with Crippen LogP contribution in [0.1, 0.15) is 106 Å². The van der Waals surface area contributed by atoms with Gasteiger partial charge in [0.25, 0.3) is 5.91 Å². The number of aromatic nitrogens is 4. The zero-order chi connectivity index (χ0) is 79.9. The van der Waals surface area contributed by atoms with Gasteiger partial charge in [0.15, 0.2) is 0 Å². The predicted molar refractivity (Wildman–Crippen MR) is 362 cm³/mol. The van der Waals surface area contributed by atoms with Crippen molar-refractivity contribution in [3.63, 3.8) is 0 Å². The lowest BCUT2D eigenvalue weighted by Crippen LogP contribution is -2.64. The summed E-state index contributed by atoms with van der Waals surface area (Å²) in [5, 5.41) is 19.5. The minimum absolute atomic E-state index is 0.0826. The molecule has 8 rings (SSSR count). The summed E-state index contributed by atoms with van der Waals surface area (Å²) in [6.45, 7) is 1.87. The van der Waals surface area contributed by atoms with E-state index in [4.69, 9.17) is 14.0 Å². The van der Waals surface area contributed by atoms with Crippen LogP contribution in [0.4, 0.5) is 59.4 Å². The molecule has 3 saturated heterocycles. The Bertz CT molecular complexity index is 4210. The average molecular weight is 1560 g/mol. The van der Waals surface area contributed by atoms with Crippen molar-refractivity contribution in [2.24, 2.45) is 10.8 Å². The van der Waals surface area contributed by atoms with Gasteiger partial charge >= 0.3 is 50.8 Å². The maximum absolute atomic E-state index is 16.8. The highest BCUT2D eigenvalue weighted by Gasteiger charge is 2.58. The first-order chi connectivity index (χ1) is 50.3. The number of likely N-dealkylation sites (N-methyl/N-ethyl adjacent to an activating group) is 1. The van der Waals surface area contributed by atoms with Gasteiger partial charge in [0.05, 0.1) is 81.0 Å². The molecule has 0 radical (unpaired) electrons. The molecule has 3 aliphatic rings. The second kappa shape index (κ2) is 33.9. The number of hydrazine groups is 1. The number of fused-ring (bicyclic) bond motifs is 2. The number of hydrogen-bond donors (Lipinski definition) is 7. The molecule has 3 aliphatic heterocycles. The lowest BCUT2D eigenvalue weighted by atomic mass is 9.77. The van der Waals surface area contributed by atoms with Gasteiger partial charge in [-0.3, -0.25) is 44.1 Å². The molecule has 2 unspecified atom stereocenters. The van der Waals surface area contributed by atoms with E-state index >= 15 is 44.7 Å². The Morgan fingerprint density at radius 1 is 0.769 bits per heavy atom. The molecule has 0 spiro atoms. The zero-order valence-electron chi connectivity index (χ0n) is 60.0. The van der Waals surface area contributed by atoms with E-state index in [9.17, 15) is 52.2 Å². The molecule has 3 aromatic carbocycles. The van der Waals surface area contributed by atoms with Crippen molar-refractivity contribution in [3.8, 4) is 28.8 Å². The number of hydrogen-bond acceptors (Lipinski definition) is 19. The number of halogens is 10. The molecule has 2 bridgehead atoms. The Morgan fingerprint density at radius 3 is 1.82 bits per heavy atom. The number of piperazine rings is 1. The molecule has 28 nitrogen and oxygen atoms in total. The third-order valence-corrected chi connectivity index (χ3v) is 19.3. The van der Waals surface area contributed by atoms with Crippen molar-refractivity contribution in [1.29, 1.82) is 0 Å². The molecule has 5 aromatic rings. The third kappa shape index (κ3) is 20.8. The predicted octanol–water partition coefficient (Wildman–Crippen LogP) is 7.80. The second-order valence-corrected chi connectivity index (χ2v) is 29.2. The lowest BCUT2D eigenvalue weighted by molar-refractivity contribution is -0.221. The number of phosphoric ester groups is 1. The number of carboxylic acid groups (broad SMARTS) is 1. The van der Waals surface area contributed by atoms with Crippen LogP contribution in [0.15, 0.2) is 73.2 Å². The summed E-state index contributed by atoms with van der Waals surface area (Å²) in [4.78, 5) is 131. The number of rotatable bonds is 29. The van der Waals surface area contributed by atoms with Gasteiger partial charge in [-0.1, -0.05) is 43.9 Å². The summed E-state index contributed by atoms with van der Waals surface area (Å²) < 4.78 is 191. The largest absolute Gasteiger partial charge is 0.524 e. The van der Waals surface area contributed by atoms with E-state index in [1.807, 2.05) is 5.32 Å². The van der Waals surface area contributed by atoms with Crippen LogP contribution >= 0.6 is 7.82 Å². The van der Waals surface area contributed by atoms with Crippen LogP contribution < -0.4 is 30.8 Å². The van der Waals surface area contributed by atoms with Gasteiger partial charge < -0.3 is 54.3 Å². The molecule has 3 fully saturated rings. The van der Waals surface area contributed by atoms with Gasteiger partial charge in [-0.05, 0) is 107 Å². The Labute approximate surface area is 612 Å². The maximum Gasteiger partial charge on any atom is 0.524 e. The van der Waals surface area contributed by atoms with Crippen LogP contribution in [-0.2, 0) is 72.3 Å². The zero-order valence-corrected chi connectivity index (χ0v) is 60.9. The fourth-order valence-electron chi connectivity index (χ4n) is 12.8. The number of phosphoric acid groups is 1. The fourth-order valence-corrected chi connectivity index (χ4v) is 13.2. The average Bonchev–Trinajstić information content (AvgIpc) is 0.983. The van der Waals surface area contributed by atoms with Crippen LogP contribution in [0.5, 0.6) is 5.75 Å². The van der Waals surface area contributed by atoms with Crippen LogP contribution in [0, 0.1) is 41.2 Å². The molecule has 108 heavy (non-hydrogen) atoms. The van der Waals surface area contributed by atoms with E-state index in [-0.39, 0.29) is 26.9 Å². The molecular weight excluding hydrogens is 1470 g/mol. The number of carboxylic acids is 1. The fraction of sp³-hybridized carbons (Fsp3) is 0.507. The summed E-state index contributed by atoms with van der Waals surface area (Å²) in [7, 11) is -2.98. The Balaban J connectivity index is 1.27. The highest BCUT2D eigenvalue weighted by atomic mass is 31.2. The summed E-state index contributed by atoms with van der Waals surface area (Å²) >= 11 is 0. The molecule has 5 amide bonds. The van der Waals surface area contributed by atoms with Crippen LogP contribution in [0.2, 0.25) is 0 Å². The van der Waals surface area contributed by atoms with E-state index in [0.29, 0.717) is 106 Å². The number of alkyl halides is 8. The number of methoxy groups -OCH3 is 2. The van der Waals surface area contributed by atoms with Crippen molar-refractivity contribution < 1.29 is 120 Å². The van der Waals surface area contributed by atoms with Crippen molar-refractivity contribution in [2.45, 2.75) is 154 Å². The Hall–Kier alpha value is -9.67. The van der Waals surface area contributed by atoms with Crippen molar-refractivity contribution in [1.82, 2.24) is 55.9 Å². The number of carbonyl (C=O) groups excluding carboxylic acids is 6. The molecule has 5 heterocycles. The first kappa shape index (κ1) is 84.0. The second-order valence-electron chi connectivity index (χ2n) is 28.1. The SMILES string of the molecule is COC(=O)N[C@H](C(=O)N[C@@H](Cc1ccc(C#Cc2cnc(N3CC4CCC(C3)N4C3COC3)nc2)cc1)[C@H](CN(Cc1c(F)cc(-c2ccn(C(F)F)n2)cc1F)NC(=O)[C@@H](NC(=O)OC)C(C)(C)C(F)(F)F)OC(=O)CC(C)(C)c1c(CC(=O)N(C)CC(=O)O)cc(C)cc1OP(=O)(O)O)C(C)(C)C(F)(F)F. The summed E-state index contributed by atoms with van der Waals surface area (Å²) in [6.07, 6.45) is -13.0. The number of ether oxygens (including phenoxy) is 4. The normalized spacial score (nSPS) is 16.9. The molecule has 0 saturated carbocycles. The van der Waals surface area contributed by atoms with Gasteiger partial charge in [0.1, 0.15) is 42.1 Å². The smallest absolute Gasteiger partial charge is 0.480 e. The topological polar surface area (TPSA) is 348 Å². The van der Waals surface area contributed by atoms with Gasteiger partial charge in [-0.25, -0.2) is 42.6 Å². The number of alkyl carbamates (subject to hydrolysis) is 2. The van der Waals surface area contributed by atoms with Gasteiger partial charge in [0, 0.05) is 85.0 Å². The van der Waals surface area contributed by atoms with Crippen LogP contribution in [0.25, 0.3) is 11.3 Å². The molecular formula is C69H81F10N12O16P. The number of benzene rings is 3. The Kier molecular flexibility index (Phi) is 26.3. The maximum atomic E-state index is 16.8. The number of amides is 5. The number of nitrogens with zero attached hydrogens (tertiary/aromatic N) is 8. The molecule has 2 aromatic heterocycles. The molecule has 7 N–H and O–H groups in total. The van der Waals surface area contributed by atoms with E-state index in [1.54, 1.807) is 5.32 Å². The third-order valence-electron chi connectivity index (χ3n) is 18.9. The van der Waals surface area contributed by atoms with Gasteiger partial charge in [-0.15, -0.1) is 0 Å². The molecule has 6 atom stereocenters. The minimum Gasteiger partial charge on any atom is -0.480 e. The quantitative estimate of drug-likeness (QED) is 0.00599. The number of aliphatic carboxylic acids is 1. The summed E-state index contributed by atoms with van der Waals surface area (Å²) in [5.41, 5.74) is -7.89. The number of carbonyl (C=O) groups is 7. The van der Waals surface area contributed by atoms with Crippen LogP contribution in [-0.4, -0.2) is 207 Å². The van der Waals surface area contributed by atoms with E-state index in [0.717, 1.165) is 57.3 Å². The van der Waals surface area contributed by atoms with Crippen molar-refractivity contribution in [2.75, 3.05) is 65.6 Å². The van der Waals surface area contributed by atoms with Crippen molar-refractivity contribution in [3.05, 3.63) is 124 Å². The molecule has 588 valence electrons. The summed E-state index contributed by atoms with van der Waals surface area (Å²) in [6, 6.07) is 3.63. The first-order valence-electron chi connectivity index (χ1n) is 33.4. The molecule has 39 heteroatoms. The van der Waals surface area contributed by atoms with Gasteiger partial charge in [0.2, 0.25) is 17.8 Å². The highest BCUT2D eigenvalue weighted by molar-refractivity contribution is 7.46. The number of aryl methyl sites for hydroxylation is 1. The minimum atomic E-state index is -5.58. The number of nitrogens with one attached hydrogen (secondary N) is 4.